The van der Waals surface area contributed by atoms with Crippen molar-refractivity contribution in [1.82, 2.24) is 15.1 Å². The number of likely N-dealkylation sites (tertiary alicyclic amines) is 1. The summed E-state index contributed by atoms with van der Waals surface area (Å²) in [5, 5.41) is 3.15. The topological polar surface area (TPSA) is 52.7 Å². The Hall–Kier alpha value is -2.66. The second-order valence-electron chi connectivity index (χ2n) is 11.1. The van der Waals surface area contributed by atoms with Crippen molar-refractivity contribution in [2.75, 3.05) is 19.6 Å². The molecule has 1 aliphatic heterocycles. The van der Waals surface area contributed by atoms with E-state index in [1.165, 1.54) is 12.0 Å². The van der Waals surface area contributed by atoms with Gasteiger partial charge < -0.3 is 15.1 Å². The fourth-order valence-electron chi connectivity index (χ4n) is 4.96. The quantitative estimate of drug-likeness (QED) is 0.313. The van der Waals surface area contributed by atoms with Crippen LogP contribution in [-0.2, 0) is 11.3 Å². The SMILES string of the molecule is CCCCCC(=O)C1=CCC=C(NC(=O)N(Cc2ccc(C)cc2)C2CCN(CCC(C)C)CC2)C=C1. The number of amides is 2. The van der Waals surface area contributed by atoms with Crippen molar-refractivity contribution in [3.05, 3.63) is 71.0 Å². The summed E-state index contributed by atoms with van der Waals surface area (Å²) in [5.74, 6) is 0.903. The maximum atomic E-state index is 13.6. The van der Waals surface area contributed by atoms with Crippen LogP contribution in [0.3, 0.4) is 0 Å². The Kier molecular flexibility index (Phi) is 11.7. The Morgan fingerprint density at radius 2 is 1.78 bits per heavy atom. The largest absolute Gasteiger partial charge is 0.322 e. The molecule has 2 aliphatic rings. The number of benzene rings is 1. The number of aryl methyl sites for hydroxylation is 1. The summed E-state index contributed by atoms with van der Waals surface area (Å²) >= 11 is 0. The highest BCUT2D eigenvalue weighted by Gasteiger charge is 2.28. The zero-order valence-electron chi connectivity index (χ0n) is 23.5. The Morgan fingerprint density at radius 1 is 1.05 bits per heavy atom. The summed E-state index contributed by atoms with van der Waals surface area (Å²) in [6, 6.07) is 8.62. The van der Waals surface area contributed by atoms with Gasteiger partial charge in [-0.25, -0.2) is 4.79 Å². The number of nitrogens with zero attached hydrogens (tertiary/aromatic N) is 2. The molecule has 0 bridgehead atoms. The second kappa shape index (κ2) is 14.9. The van der Waals surface area contributed by atoms with E-state index in [0.717, 1.165) is 68.6 Å². The molecule has 1 heterocycles. The van der Waals surface area contributed by atoms with Crippen LogP contribution in [-0.4, -0.2) is 47.3 Å². The maximum Gasteiger partial charge on any atom is 0.322 e. The second-order valence-corrected chi connectivity index (χ2v) is 11.1. The third-order valence-electron chi connectivity index (χ3n) is 7.45. The highest BCUT2D eigenvalue weighted by molar-refractivity contribution is 5.98. The molecule has 0 aromatic heterocycles. The van der Waals surface area contributed by atoms with Gasteiger partial charge in [0.25, 0.3) is 0 Å². The van der Waals surface area contributed by atoms with E-state index in [-0.39, 0.29) is 17.9 Å². The standard InChI is InChI=1S/C32H47N3O2/c1-5-6-7-11-31(36)28-9-8-10-29(17-16-28)33-32(37)35(24-27-14-12-26(4)13-15-27)30-19-22-34(23-20-30)21-18-25(2)3/h9-10,12-17,25,30H,5-8,11,18-24H2,1-4H3,(H,33,37). The number of Topliss-reactive ketones (excluding diaryl/α,β-unsaturated/α-hetero) is 1. The van der Waals surface area contributed by atoms with Crippen LogP contribution in [0.1, 0.15) is 83.3 Å². The van der Waals surface area contributed by atoms with Gasteiger partial charge in [0, 0.05) is 43.4 Å². The Bertz CT molecular complexity index is 966. The normalized spacial score (nSPS) is 16.8. The van der Waals surface area contributed by atoms with E-state index in [4.69, 9.17) is 0 Å². The van der Waals surface area contributed by atoms with Crippen LogP contribution < -0.4 is 5.32 Å². The van der Waals surface area contributed by atoms with Crippen molar-refractivity contribution in [3.8, 4) is 0 Å². The van der Waals surface area contributed by atoms with Gasteiger partial charge in [-0.2, -0.15) is 0 Å². The number of rotatable bonds is 12. The first-order valence-corrected chi connectivity index (χ1v) is 14.3. The Labute approximate surface area is 224 Å². The number of ketones is 1. The minimum atomic E-state index is -0.0603. The number of hydrogen-bond donors (Lipinski definition) is 1. The van der Waals surface area contributed by atoms with Crippen LogP contribution in [0.5, 0.6) is 0 Å². The molecule has 0 unspecified atom stereocenters. The van der Waals surface area contributed by atoms with E-state index >= 15 is 0 Å². The first-order valence-electron chi connectivity index (χ1n) is 14.3. The summed E-state index contributed by atoms with van der Waals surface area (Å²) in [4.78, 5) is 30.8. The smallest absolute Gasteiger partial charge is 0.317 e. The fourth-order valence-corrected chi connectivity index (χ4v) is 4.96. The van der Waals surface area contributed by atoms with E-state index < -0.39 is 0 Å². The predicted molar refractivity (Wildman–Crippen MR) is 153 cm³/mol. The van der Waals surface area contributed by atoms with E-state index in [1.807, 2.05) is 29.2 Å². The minimum Gasteiger partial charge on any atom is -0.317 e. The number of carbonyl (C=O) groups is 2. The number of urea groups is 1. The lowest BCUT2D eigenvalue weighted by atomic mass is 10.0. The third-order valence-corrected chi connectivity index (χ3v) is 7.45. The summed E-state index contributed by atoms with van der Waals surface area (Å²) in [7, 11) is 0. The number of unbranched alkanes of at least 4 members (excludes halogenated alkanes) is 2. The molecule has 37 heavy (non-hydrogen) atoms. The van der Waals surface area contributed by atoms with Crippen molar-refractivity contribution < 1.29 is 9.59 Å². The lowest BCUT2D eigenvalue weighted by Gasteiger charge is -2.39. The van der Waals surface area contributed by atoms with Crippen LogP contribution in [0.4, 0.5) is 4.79 Å². The van der Waals surface area contributed by atoms with Gasteiger partial charge in [-0.05, 0) is 69.2 Å². The van der Waals surface area contributed by atoms with Crippen molar-refractivity contribution in [1.29, 1.82) is 0 Å². The zero-order valence-corrected chi connectivity index (χ0v) is 23.5. The monoisotopic (exact) mass is 505 g/mol. The van der Waals surface area contributed by atoms with Gasteiger partial charge in [0.1, 0.15) is 0 Å². The van der Waals surface area contributed by atoms with Crippen LogP contribution in [0.2, 0.25) is 0 Å². The zero-order chi connectivity index (χ0) is 26.6. The summed E-state index contributed by atoms with van der Waals surface area (Å²) in [6.07, 6.45) is 15.3. The number of hydrogen-bond acceptors (Lipinski definition) is 3. The number of piperidine rings is 1. The van der Waals surface area contributed by atoms with Gasteiger partial charge in [-0.1, -0.05) is 75.6 Å². The Balaban J connectivity index is 1.64. The van der Waals surface area contributed by atoms with Crippen LogP contribution in [0.25, 0.3) is 0 Å². The highest BCUT2D eigenvalue weighted by Crippen LogP contribution is 2.21. The van der Waals surface area contributed by atoms with E-state index in [1.54, 1.807) is 0 Å². The molecule has 0 atom stereocenters. The molecule has 0 saturated carbocycles. The molecule has 3 rings (SSSR count). The van der Waals surface area contributed by atoms with Gasteiger partial charge in [0.2, 0.25) is 0 Å². The molecule has 1 aliphatic carbocycles. The predicted octanol–water partition coefficient (Wildman–Crippen LogP) is 6.94. The lowest BCUT2D eigenvalue weighted by Crippen LogP contribution is -2.50. The molecule has 202 valence electrons. The first-order chi connectivity index (χ1) is 17.9. The average Bonchev–Trinajstić information content (AvgIpc) is 3.13. The minimum absolute atomic E-state index is 0.0603. The first kappa shape index (κ1) is 28.9. The summed E-state index contributed by atoms with van der Waals surface area (Å²) in [6.45, 7) is 12.6. The molecule has 1 aromatic rings. The maximum absolute atomic E-state index is 13.6. The number of carbonyl (C=O) groups excluding carboxylic acids is 2. The van der Waals surface area contributed by atoms with Crippen molar-refractivity contribution in [3.63, 3.8) is 0 Å². The molecular formula is C32H47N3O2. The van der Waals surface area contributed by atoms with Crippen LogP contribution in [0.15, 0.2) is 59.8 Å². The number of allylic oxidation sites excluding steroid dienone is 5. The van der Waals surface area contributed by atoms with Crippen molar-refractivity contribution in [2.24, 2.45) is 5.92 Å². The van der Waals surface area contributed by atoms with Crippen molar-refractivity contribution >= 4 is 11.8 Å². The molecular weight excluding hydrogens is 458 g/mol. The van der Waals surface area contributed by atoms with E-state index in [9.17, 15) is 9.59 Å². The molecule has 0 spiro atoms. The fraction of sp³-hybridized carbons (Fsp3) is 0.562. The van der Waals surface area contributed by atoms with Crippen LogP contribution in [0, 0.1) is 12.8 Å². The van der Waals surface area contributed by atoms with Gasteiger partial charge in [0.15, 0.2) is 5.78 Å². The molecule has 0 radical (unpaired) electrons. The van der Waals surface area contributed by atoms with Gasteiger partial charge in [-0.3, -0.25) is 4.79 Å². The summed E-state index contributed by atoms with van der Waals surface area (Å²) < 4.78 is 0. The lowest BCUT2D eigenvalue weighted by molar-refractivity contribution is -0.115. The van der Waals surface area contributed by atoms with E-state index in [2.05, 4.69) is 62.2 Å². The number of nitrogens with one attached hydrogen (secondary N) is 1. The van der Waals surface area contributed by atoms with Crippen molar-refractivity contribution in [2.45, 2.75) is 91.6 Å². The van der Waals surface area contributed by atoms with Gasteiger partial charge in [-0.15, -0.1) is 0 Å². The highest BCUT2D eigenvalue weighted by atomic mass is 16.2. The molecule has 1 aromatic carbocycles. The van der Waals surface area contributed by atoms with E-state index in [0.29, 0.717) is 25.3 Å². The van der Waals surface area contributed by atoms with Gasteiger partial charge >= 0.3 is 6.03 Å². The molecule has 5 heteroatoms. The third kappa shape index (κ3) is 9.62. The molecule has 2 amide bonds. The average molecular weight is 506 g/mol. The molecule has 1 saturated heterocycles. The molecule has 1 fully saturated rings. The Morgan fingerprint density at radius 3 is 2.46 bits per heavy atom. The van der Waals surface area contributed by atoms with Crippen LogP contribution >= 0.6 is 0 Å². The molecule has 1 N–H and O–H groups in total. The van der Waals surface area contributed by atoms with Gasteiger partial charge in [0.05, 0.1) is 0 Å². The molecule has 5 nitrogen and oxygen atoms in total. The summed E-state index contributed by atoms with van der Waals surface area (Å²) in [5.41, 5.74) is 3.89.